The van der Waals surface area contributed by atoms with Crippen LogP contribution in [0.25, 0.3) is 0 Å². The van der Waals surface area contributed by atoms with E-state index in [0.29, 0.717) is 0 Å². The largest absolute Gasteiger partial charge is 2.00 e. The molecular weight excluding hydrogens is 223 g/mol. The Morgan fingerprint density at radius 1 is 0.909 bits per heavy atom. The van der Waals surface area contributed by atoms with Gasteiger partial charge >= 0.3 is 19.5 Å². The number of rotatable bonds is 0. The molecule has 0 saturated heterocycles. The summed E-state index contributed by atoms with van der Waals surface area (Å²) in [6.45, 7) is 0. The van der Waals surface area contributed by atoms with Gasteiger partial charge in [0.05, 0.1) is 0 Å². The van der Waals surface area contributed by atoms with Gasteiger partial charge in [-0.25, -0.2) is 12.1 Å². The van der Waals surface area contributed by atoms with Crippen LogP contribution in [-0.2, 0) is 19.5 Å². The van der Waals surface area contributed by atoms with Gasteiger partial charge in [0.1, 0.15) is 0 Å². The quantitative estimate of drug-likeness (QED) is 0.478. The predicted octanol–water partition coefficient (Wildman–Crippen LogP) is 2.91. The van der Waals surface area contributed by atoms with E-state index in [9.17, 15) is 0 Å². The average molecular weight is 234 g/mol. The van der Waals surface area contributed by atoms with E-state index in [1.54, 1.807) is 0 Å². The molecule has 0 spiro atoms. The summed E-state index contributed by atoms with van der Waals surface area (Å²) in [5, 5.41) is 0. The van der Waals surface area contributed by atoms with Crippen LogP contribution in [0.15, 0.2) is 54.6 Å². The fourth-order valence-corrected chi connectivity index (χ4v) is 0.714. The van der Waals surface area contributed by atoms with Gasteiger partial charge in [0.2, 0.25) is 0 Å². The topological polar surface area (TPSA) is 0 Å². The molecule has 0 heterocycles. The molecule has 2 rings (SSSR count). The van der Waals surface area contributed by atoms with Crippen molar-refractivity contribution < 1.29 is 19.5 Å². The first-order valence-corrected chi connectivity index (χ1v) is 3.48. The van der Waals surface area contributed by atoms with Crippen molar-refractivity contribution in [3.8, 4) is 0 Å². The van der Waals surface area contributed by atoms with E-state index in [1.165, 1.54) is 0 Å². The first kappa shape index (κ1) is 10.5. The Bertz CT molecular complexity index is 167. The van der Waals surface area contributed by atoms with Crippen LogP contribution in [0.5, 0.6) is 0 Å². The molecule has 0 saturated carbocycles. The zero-order valence-electron chi connectivity index (χ0n) is 6.24. The van der Waals surface area contributed by atoms with Gasteiger partial charge in [-0.3, -0.25) is 0 Å². The Balaban J connectivity index is 0.000000167. The van der Waals surface area contributed by atoms with Gasteiger partial charge in [-0.1, -0.05) is 24.3 Å². The van der Waals surface area contributed by atoms with Crippen molar-refractivity contribution in [3.63, 3.8) is 0 Å². The van der Waals surface area contributed by atoms with E-state index >= 15 is 0 Å². The first-order valence-electron chi connectivity index (χ1n) is 3.48. The molecule has 1 aliphatic carbocycles. The van der Waals surface area contributed by atoms with Gasteiger partial charge in [0.15, 0.2) is 0 Å². The van der Waals surface area contributed by atoms with Gasteiger partial charge in [0.25, 0.3) is 0 Å². The first-order chi connectivity index (χ1) is 5.00. The van der Waals surface area contributed by atoms with Gasteiger partial charge in [-0.15, -0.1) is 0 Å². The monoisotopic (exact) mass is 234 g/mol. The summed E-state index contributed by atoms with van der Waals surface area (Å²) in [7, 11) is 0. The third-order valence-electron chi connectivity index (χ3n) is 1.21. The van der Waals surface area contributed by atoms with Crippen molar-refractivity contribution in [1.29, 1.82) is 0 Å². The van der Waals surface area contributed by atoms with E-state index in [1.807, 2.05) is 30.3 Å². The second kappa shape index (κ2) is 7.56. The molecule has 0 amide bonds. The summed E-state index contributed by atoms with van der Waals surface area (Å²) in [6, 6.07) is 10.0. The molecule has 0 nitrogen and oxygen atoms in total. The molecule has 1 heteroatoms. The Morgan fingerprint density at radius 3 is 1.64 bits per heavy atom. The molecule has 1 aromatic rings. The van der Waals surface area contributed by atoms with E-state index in [0.717, 1.165) is 6.42 Å². The van der Waals surface area contributed by atoms with Crippen molar-refractivity contribution in [2.75, 3.05) is 0 Å². The molecule has 0 unspecified atom stereocenters. The van der Waals surface area contributed by atoms with Crippen molar-refractivity contribution in [3.05, 3.63) is 54.6 Å². The van der Waals surface area contributed by atoms with E-state index < -0.39 is 0 Å². The van der Waals surface area contributed by atoms with Crippen LogP contribution in [0, 0.1) is 0 Å². The van der Waals surface area contributed by atoms with Crippen LogP contribution < -0.4 is 0 Å². The van der Waals surface area contributed by atoms with Crippen molar-refractivity contribution in [1.82, 2.24) is 0 Å². The standard InChI is InChI=1S/C5H6.C5H5.Rh/c2*1-2-4-5-3-1;/h1-4H,5H2;1-5H;/q;-1;+2. The zero-order valence-corrected chi connectivity index (χ0v) is 7.88. The number of hydrogen-bond acceptors (Lipinski definition) is 0. The second-order valence-corrected chi connectivity index (χ2v) is 2.05. The minimum absolute atomic E-state index is 0. The fourth-order valence-electron chi connectivity index (χ4n) is 0.714. The van der Waals surface area contributed by atoms with Crippen LogP contribution in [0.4, 0.5) is 0 Å². The molecule has 0 aliphatic heterocycles. The fraction of sp³-hybridized carbons (Fsp3) is 0.100. The van der Waals surface area contributed by atoms with Crippen molar-refractivity contribution in [2.45, 2.75) is 6.42 Å². The van der Waals surface area contributed by atoms with Crippen LogP contribution in [-0.4, -0.2) is 0 Å². The summed E-state index contributed by atoms with van der Waals surface area (Å²) in [4.78, 5) is 0. The maximum Gasteiger partial charge on any atom is 2.00 e. The summed E-state index contributed by atoms with van der Waals surface area (Å²) < 4.78 is 0. The predicted molar refractivity (Wildman–Crippen MR) is 44.9 cm³/mol. The molecule has 1 aromatic carbocycles. The summed E-state index contributed by atoms with van der Waals surface area (Å²) in [5.41, 5.74) is 0. The Kier molecular flexibility index (Phi) is 7.18. The molecule has 0 N–H and O–H groups in total. The Morgan fingerprint density at radius 2 is 1.45 bits per heavy atom. The van der Waals surface area contributed by atoms with Crippen LogP contribution in [0.2, 0.25) is 0 Å². The number of allylic oxidation sites excluding steroid dienone is 4. The van der Waals surface area contributed by atoms with Gasteiger partial charge in [-0.2, -0.15) is 18.2 Å². The third kappa shape index (κ3) is 5.88. The smallest absolute Gasteiger partial charge is 0.214 e. The van der Waals surface area contributed by atoms with E-state index in [4.69, 9.17) is 0 Å². The molecule has 59 valence electrons. The maximum atomic E-state index is 2.12. The van der Waals surface area contributed by atoms with Crippen LogP contribution in [0.1, 0.15) is 6.42 Å². The molecule has 11 heavy (non-hydrogen) atoms. The molecule has 0 bridgehead atoms. The zero-order chi connectivity index (χ0) is 7.07. The van der Waals surface area contributed by atoms with E-state index in [2.05, 4.69) is 24.3 Å². The maximum absolute atomic E-state index is 2.12. The normalized spacial score (nSPS) is 11.6. The Hall–Kier alpha value is -0.547. The Labute approximate surface area is 80.7 Å². The molecule has 0 aromatic heterocycles. The minimum atomic E-state index is 0. The van der Waals surface area contributed by atoms with Gasteiger partial charge in [-0.05, 0) is 6.42 Å². The second-order valence-electron chi connectivity index (χ2n) is 2.05. The van der Waals surface area contributed by atoms with Crippen molar-refractivity contribution in [2.24, 2.45) is 0 Å². The van der Waals surface area contributed by atoms with Crippen LogP contribution >= 0.6 is 0 Å². The SMILES string of the molecule is C1=CCC=C1.[Rh+2].c1cc[cH-]c1. The molecular formula is C10H11Rh+. The molecule has 0 fully saturated rings. The van der Waals surface area contributed by atoms with Crippen molar-refractivity contribution >= 4 is 0 Å². The molecule has 0 atom stereocenters. The third-order valence-corrected chi connectivity index (χ3v) is 1.21. The summed E-state index contributed by atoms with van der Waals surface area (Å²) in [5.74, 6) is 0. The minimum Gasteiger partial charge on any atom is -0.214 e. The van der Waals surface area contributed by atoms with Crippen LogP contribution in [0.3, 0.4) is 0 Å². The average Bonchev–Trinajstić information content (AvgIpc) is 2.67. The molecule has 1 aliphatic rings. The summed E-state index contributed by atoms with van der Waals surface area (Å²) >= 11 is 0. The molecule has 1 radical (unpaired) electrons. The van der Waals surface area contributed by atoms with Gasteiger partial charge < -0.3 is 0 Å². The summed E-state index contributed by atoms with van der Waals surface area (Å²) in [6.07, 6.45) is 9.50. The number of hydrogen-bond donors (Lipinski definition) is 0. The van der Waals surface area contributed by atoms with Gasteiger partial charge in [0, 0.05) is 0 Å². The van der Waals surface area contributed by atoms with E-state index in [-0.39, 0.29) is 19.5 Å².